The lowest BCUT2D eigenvalue weighted by Gasteiger charge is -2.32. The van der Waals surface area contributed by atoms with Crippen LogP contribution in [0.3, 0.4) is 0 Å². The molecule has 0 aliphatic carbocycles. The fourth-order valence-electron chi connectivity index (χ4n) is 4.04. The largest absolute Gasteiger partial charge is 0.336 e. The van der Waals surface area contributed by atoms with Gasteiger partial charge in [-0.25, -0.2) is 4.79 Å². The molecule has 3 amide bonds. The molecule has 3 rings (SSSR count). The lowest BCUT2D eigenvalue weighted by Crippen LogP contribution is -2.54. The number of urea groups is 1. The average Bonchev–Trinajstić information content (AvgIpc) is 2.93. The molecular formula is C16H28N4O2. The van der Waals surface area contributed by atoms with Crippen molar-refractivity contribution < 1.29 is 9.59 Å². The van der Waals surface area contributed by atoms with Gasteiger partial charge >= 0.3 is 6.03 Å². The van der Waals surface area contributed by atoms with Gasteiger partial charge in [-0.15, -0.1) is 0 Å². The number of piperidine rings is 1. The molecule has 22 heavy (non-hydrogen) atoms. The topological polar surface area (TPSA) is 73.5 Å². The summed E-state index contributed by atoms with van der Waals surface area (Å²) in [5, 5.41) is 9.49. The van der Waals surface area contributed by atoms with E-state index < -0.39 is 0 Å². The van der Waals surface area contributed by atoms with Gasteiger partial charge in [-0.1, -0.05) is 0 Å². The van der Waals surface area contributed by atoms with Crippen LogP contribution in [0.5, 0.6) is 0 Å². The Labute approximate surface area is 132 Å². The summed E-state index contributed by atoms with van der Waals surface area (Å²) >= 11 is 0. The molecule has 6 nitrogen and oxygen atoms in total. The zero-order chi connectivity index (χ0) is 15.9. The van der Waals surface area contributed by atoms with E-state index in [1.807, 2.05) is 25.7 Å². The van der Waals surface area contributed by atoms with Crippen LogP contribution in [0.2, 0.25) is 0 Å². The number of hydrogen-bond acceptors (Lipinski definition) is 3. The maximum absolute atomic E-state index is 12.4. The van der Waals surface area contributed by atoms with Gasteiger partial charge in [0.05, 0.1) is 0 Å². The molecule has 3 aliphatic heterocycles. The highest BCUT2D eigenvalue weighted by Crippen LogP contribution is 2.27. The maximum Gasteiger partial charge on any atom is 0.315 e. The molecule has 0 aromatic rings. The predicted molar refractivity (Wildman–Crippen MR) is 84.5 cm³/mol. The van der Waals surface area contributed by atoms with Gasteiger partial charge in [0.15, 0.2) is 0 Å². The normalized spacial score (nSPS) is 34.9. The Morgan fingerprint density at radius 2 is 1.77 bits per heavy atom. The minimum absolute atomic E-state index is 0.0352. The summed E-state index contributed by atoms with van der Waals surface area (Å²) < 4.78 is 0. The summed E-state index contributed by atoms with van der Waals surface area (Å²) in [7, 11) is 0. The fraction of sp³-hybridized carbons (Fsp3) is 0.875. The van der Waals surface area contributed by atoms with Crippen molar-refractivity contribution in [2.75, 3.05) is 6.54 Å². The minimum Gasteiger partial charge on any atom is -0.336 e. The summed E-state index contributed by atoms with van der Waals surface area (Å²) in [6.07, 6.45) is 5.12. The number of hydrogen-bond donors (Lipinski definition) is 3. The van der Waals surface area contributed by atoms with E-state index >= 15 is 0 Å². The lowest BCUT2D eigenvalue weighted by atomic mass is 10.00. The number of carbonyl (C=O) groups excluding carboxylic acids is 2. The highest BCUT2D eigenvalue weighted by Gasteiger charge is 2.39. The lowest BCUT2D eigenvalue weighted by molar-refractivity contribution is -0.133. The SMILES string of the molecule is CC(C)(C)N1CCC(NC(=O)NC2CC3CCC(C2)N3)C1=O. The third-order valence-corrected chi connectivity index (χ3v) is 5.13. The van der Waals surface area contributed by atoms with Crippen molar-refractivity contribution in [1.82, 2.24) is 20.9 Å². The van der Waals surface area contributed by atoms with E-state index in [0.717, 1.165) is 12.8 Å². The highest BCUT2D eigenvalue weighted by atomic mass is 16.2. The van der Waals surface area contributed by atoms with Crippen molar-refractivity contribution in [2.24, 2.45) is 0 Å². The molecule has 0 saturated carbocycles. The molecule has 3 aliphatic rings. The zero-order valence-corrected chi connectivity index (χ0v) is 13.8. The van der Waals surface area contributed by atoms with E-state index in [4.69, 9.17) is 0 Å². The van der Waals surface area contributed by atoms with Gasteiger partial charge in [-0.3, -0.25) is 4.79 Å². The second-order valence-corrected chi connectivity index (χ2v) is 7.93. The van der Waals surface area contributed by atoms with Gasteiger partial charge in [-0.2, -0.15) is 0 Å². The first kappa shape index (κ1) is 15.6. The van der Waals surface area contributed by atoms with Gasteiger partial charge in [0.25, 0.3) is 0 Å². The van der Waals surface area contributed by atoms with E-state index in [-0.39, 0.29) is 29.6 Å². The first-order valence-corrected chi connectivity index (χ1v) is 8.47. The van der Waals surface area contributed by atoms with Crippen LogP contribution in [0, 0.1) is 0 Å². The van der Waals surface area contributed by atoms with Crippen LogP contribution in [-0.4, -0.2) is 53.1 Å². The molecule has 6 heteroatoms. The van der Waals surface area contributed by atoms with Crippen LogP contribution in [-0.2, 0) is 4.79 Å². The Hall–Kier alpha value is -1.30. The van der Waals surface area contributed by atoms with Gasteiger partial charge in [-0.05, 0) is 52.9 Å². The standard InChI is InChI=1S/C16H28N4O2/c1-16(2,3)20-7-6-13(14(20)21)19-15(22)18-12-8-10-4-5-11(9-12)17-10/h10-13,17H,4-9H2,1-3H3,(H2,18,19,22). The number of nitrogens with one attached hydrogen (secondary N) is 3. The van der Waals surface area contributed by atoms with Gasteiger partial charge in [0, 0.05) is 30.2 Å². The minimum atomic E-state index is -0.377. The molecule has 124 valence electrons. The van der Waals surface area contributed by atoms with Gasteiger partial charge < -0.3 is 20.9 Å². The summed E-state index contributed by atoms with van der Waals surface area (Å²) in [5.74, 6) is 0.0352. The molecule has 0 aromatic heterocycles. The first-order valence-electron chi connectivity index (χ1n) is 8.47. The Kier molecular flexibility index (Phi) is 4.05. The third-order valence-electron chi connectivity index (χ3n) is 5.13. The Balaban J connectivity index is 1.49. The smallest absolute Gasteiger partial charge is 0.315 e. The molecular weight excluding hydrogens is 280 g/mol. The first-order chi connectivity index (χ1) is 10.3. The second-order valence-electron chi connectivity index (χ2n) is 7.93. The number of carbonyl (C=O) groups is 2. The molecule has 3 atom stereocenters. The monoisotopic (exact) mass is 308 g/mol. The molecule has 3 unspecified atom stereocenters. The predicted octanol–water partition coefficient (Wildman–Crippen LogP) is 0.968. The van der Waals surface area contributed by atoms with Crippen LogP contribution in [0.15, 0.2) is 0 Å². The molecule has 3 heterocycles. The summed E-state index contributed by atoms with van der Waals surface area (Å²) in [5.41, 5.74) is -0.182. The van der Waals surface area contributed by atoms with E-state index in [0.29, 0.717) is 25.0 Å². The molecule has 0 spiro atoms. The van der Waals surface area contributed by atoms with Crippen LogP contribution in [0.4, 0.5) is 4.79 Å². The zero-order valence-electron chi connectivity index (χ0n) is 13.8. The van der Waals surface area contributed by atoms with Crippen molar-refractivity contribution in [3.8, 4) is 0 Å². The number of fused-ring (bicyclic) bond motifs is 2. The summed E-state index contributed by atoms with van der Waals surface area (Å²) in [4.78, 5) is 26.4. The Bertz CT molecular complexity index is 448. The van der Waals surface area contributed by atoms with Crippen molar-refractivity contribution >= 4 is 11.9 Å². The number of likely N-dealkylation sites (tertiary alicyclic amines) is 1. The van der Waals surface area contributed by atoms with Crippen LogP contribution in [0.25, 0.3) is 0 Å². The average molecular weight is 308 g/mol. The Morgan fingerprint density at radius 1 is 1.14 bits per heavy atom. The highest BCUT2D eigenvalue weighted by molar-refractivity contribution is 5.89. The van der Waals surface area contributed by atoms with Crippen LogP contribution >= 0.6 is 0 Å². The number of nitrogens with zero attached hydrogens (tertiary/aromatic N) is 1. The molecule has 3 saturated heterocycles. The summed E-state index contributed by atoms with van der Waals surface area (Å²) in [6, 6.07) is 0.758. The van der Waals surface area contributed by atoms with Gasteiger partial charge in [0.1, 0.15) is 6.04 Å². The van der Waals surface area contributed by atoms with Crippen molar-refractivity contribution in [1.29, 1.82) is 0 Å². The van der Waals surface area contributed by atoms with E-state index in [9.17, 15) is 9.59 Å². The second kappa shape index (κ2) is 5.72. The molecule has 3 fully saturated rings. The molecule has 2 bridgehead atoms. The summed E-state index contributed by atoms with van der Waals surface area (Å²) in [6.45, 7) is 6.79. The molecule has 0 radical (unpaired) electrons. The van der Waals surface area contributed by atoms with Crippen molar-refractivity contribution in [3.05, 3.63) is 0 Å². The van der Waals surface area contributed by atoms with E-state index in [1.54, 1.807) is 0 Å². The van der Waals surface area contributed by atoms with Crippen LogP contribution < -0.4 is 16.0 Å². The van der Waals surface area contributed by atoms with Gasteiger partial charge in [0.2, 0.25) is 5.91 Å². The van der Waals surface area contributed by atoms with E-state index in [2.05, 4.69) is 16.0 Å². The number of rotatable bonds is 2. The van der Waals surface area contributed by atoms with Crippen molar-refractivity contribution in [2.45, 2.75) is 82.6 Å². The number of amides is 3. The van der Waals surface area contributed by atoms with Crippen LogP contribution in [0.1, 0.15) is 52.9 Å². The Morgan fingerprint density at radius 3 is 2.32 bits per heavy atom. The van der Waals surface area contributed by atoms with Crippen molar-refractivity contribution in [3.63, 3.8) is 0 Å². The van der Waals surface area contributed by atoms with E-state index in [1.165, 1.54) is 12.8 Å². The molecule has 0 aromatic carbocycles. The fourth-order valence-corrected chi connectivity index (χ4v) is 4.04. The quantitative estimate of drug-likeness (QED) is 0.711. The molecule has 3 N–H and O–H groups in total. The maximum atomic E-state index is 12.4. The third kappa shape index (κ3) is 3.21.